The Morgan fingerprint density at radius 1 is 1.16 bits per heavy atom. The van der Waals surface area contributed by atoms with Crippen LogP contribution in [0.1, 0.15) is 25.7 Å². The van der Waals surface area contributed by atoms with Crippen molar-refractivity contribution < 1.29 is 14.3 Å². The van der Waals surface area contributed by atoms with Crippen molar-refractivity contribution in [1.82, 2.24) is 15.1 Å². The maximum atomic E-state index is 12.5. The quantitative estimate of drug-likeness (QED) is 0.769. The first kappa shape index (κ1) is 17.9. The lowest BCUT2D eigenvalue weighted by atomic mass is 10.2. The van der Waals surface area contributed by atoms with Crippen LogP contribution >= 0.6 is 0 Å². The third-order valence-corrected chi connectivity index (χ3v) is 5.01. The zero-order valence-corrected chi connectivity index (χ0v) is 15.1. The second-order valence-electron chi connectivity index (χ2n) is 6.73. The summed E-state index contributed by atoms with van der Waals surface area (Å²) < 4.78 is 11.0. The van der Waals surface area contributed by atoms with Gasteiger partial charge in [-0.2, -0.15) is 0 Å². The molecule has 1 aromatic carbocycles. The summed E-state index contributed by atoms with van der Waals surface area (Å²) in [6.45, 7) is 5.15. The molecule has 2 heterocycles. The number of amides is 2. The van der Waals surface area contributed by atoms with Crippen LogP contribution in [0.25, 0.3) is 0 Å². The van der Waals surface area contributed by atoms with E-state index in [0.29, 0.717) is 30.7 Å². The molecule has 2 saturated heterocycles. The first-order valence-electron chi connectivity index (χ1n) is 9.30. The van der Waals surface area contributed by atoms with E-state index in [-0.39, 0.29) is 6.03 Å². The smallest absolute Gasteiger partial charge is 0.317 e. The van der Waals surface area contributed by atoms with Gasteiger partial charge in [0.2, 0.25) is 0 Å². The van der Waals surface area contributed by atoms with Gasteiger partial charge in [-0.3, -0.25) is 0 Å². The number of urea groups is 1. The minimum absolute atomic E-state index is 0.0327. The highest BCUT2D eigenvalue weighted by Crippen LogP contribution is 2.25. The van der Waals surface area contributed by atoms with E-state index in [9.17, 15) is 4.79 Å². The Balaban J connectivity index is 1.40. The summed E-state index contributed by atoms with van der Waals surface area (Å²) >= 11 is 0. The van der Waals surface area contributed by atoms with E-state index < -0.39 is 0 Å². The molecule has 0 aliphatic carbocycles. The predicted octanol–water partition coefficient (Wildman–Crippen LogP) is 2.34. The van der Waals surface area contributed by atoms with Gasteiger partial charge in [0.1, 0.15) is 6.61 Å². The van der Waals surface area contributed by atoms with Crippen LogP contribution in [0.15, 0.2) is 24.3 Å². The Hall–Kier alpha value is -1.95. The number of hydrogen-bond acceptors (Lipinski definition) is 4. The largest absolute Gasteiger partial charge is 0.493 e. The highest BCUT2D eigenvalue weighted by Gasteiger charge is 2.30. The molecule has 1 N–H and O–H groups in total. The van der Waals surface area contributed by atoms with Crippen molar-refractivity contribution in [2.45, 2.75) is 31.7 Å². The number of methoxy groups -OCH3 is 1. The van der Waals surface area contributed by atoms with Crippen LogP contribution in [0, 0.1) is 0 Å². The highest BCUT2D eigenvalue weighted by molar-refractivity contribution is 5.74. The molecule has 2 fully saturated rings. The van der Waals surface area contributed by atoms with Gasteiger partial charge < -0.3 is 24.6 Å². The molecule has 1 aromatic rings. The summed E-state index contributed by atoms with van der Waals surface area (Å²) in [5.41, 5.74) is 0. The van der Waals surface area contributed by atoms with Gasteiger partial charge in [0.15, 0.2) is 11.5 Å². The minimum atomic E-state index is 0.0327. The van der Waals surface area contributed by atoms with Crippen molar-refractivity contribution in [3.05, 3.63) is 24.3 Å². The molecule has 0 saturated carbocycles. The number of para-hydroxylation sites is 2. The summed E-state index contributed by atoms with van der Waals surface area (Å²) in [5.74, 6) is 1.41. The van der Waals surface area contributed by atoms with Crippen LogP contribution in [0.5, 0.6) is 11.5 Å². The van der Waals surface area contributed by atoms with E-state index in [4.69, 9.17) is 9.47 Å². The molecule has 1 atom stereocenters. The van der Waals surface area contributed by atoms with E-state index >= 15 is 0 Å². The van der Waals surface area contributed by atoms with Crippen molar-refractivity contribution >= 4 is 6.03 Å². The van der Waals surface area contributed by atoms with Crippen molar-refractivity contribution in [1.29, 1.82) is 0 Å². The monoisotopic (exact) mass is 347 g/mol. The standard InChI is InChI=1S/C19H29N3O3/c1-24-17-8-2-3-9-18(17)25-14-10-20-19(23)22-13-6-7-16(22)15-21-11-4-5-12-21/h2-3,8-9,16H,4-7,10-15H2,1H3,(H,20,23)/t16-/m1/s1. The molecular weight excluding hydrogens is 318 g/mol. The molecule has 2 amide bonds. The Bertz CT molecular complexity index is 561. The fourth-order valence-corrected chi connectivity index (χ4v) is 3.71. The second kappa shape index (κ2) is 8.94. The normalized spacial score (nSPS) is 20.7. The lowest BCUT2D eigenvalue weighted by Crippen LogP contribution is -2.47. The summed E-state index contributed by atoms with van der Waals surface area (Å²) in [6.07, 6.45) is 4.80. The van der Waals surface area contributed by atoms with Gasteiger partial charge in [0, 0.05) is 19.1 Å². The lowest BCUT2D eigenvalue weighted by molar-refractivity contribution is 0.172. The summed E-state index contributed by atoms with van der Waals surface area (Å²) in [7, 11) is 1.62. The molecule has 0 aromatic heterocycles. The topological polar surface area (TPSA) is 54.0 Å². The number of rotatable bonds is 7. The van der Waals surface area contributed by atoms with Gasteiger partial charge in [0.25, 0.3) is 0 Å². The van der Waals surface area contributed by atoms with Crippen molar-refractivity contribution in [3.8, 4) is 11.5 Å². The van der Waals surface area contributed by atoms with Gasteiger partial charge in [-0.05, 0) is 50.9 Å². The van der Waals surface area contributed by atoms with Crippen LogP contribution in [0.4, 0.5) is 4.79 Å². The average Bonchev–Trinajstić information content (AvgIpc) is 3.31. The number of nitrogens with zero attached hydrogens (tertiary/aromatic N) is 2. The van der Waals surface area contributed by atoms with E-state index in [0.717, 1.165) is 25.9 Å². The first-order valence-corrected chi connectivity index (χ1v) is 9.30. The van der Waals surface area contributed by atoms with E-state index in [1.165, 1.54) is 25.9 Å². The minimum Gasteiger partial charge on any atom is -0.493 e. The number of nitrogens with one attached hydrogen (secondary N) is 1. The summed E-state index contributed by atoms with van der Waals surface area (Å²) in [6, 6.07) is 7.93. The molecule has 0 bridgehead atoms. The summed E-state index contributed by atoms with van der Waals surface area (Å²) in [5, 5.41) is 2.99. The third kappa shape index (κ3) is 4.78. The predicted molar refractivity (Wildman–Crippen MR) is 97.3 cm³/mol. The Kier molecular flexibility index (Phi) is 6.39. The van der Waals surface area contributed by atoms with Gasteiger partial charge in [-0.1, -0.05) is 12.1 Å². The second-order valence-corrected chi connectivity index (χ2v) is 6.73. The average molecular weight is 347 g/mol. The molecule has 2 aliphatic rings. The van der Waals surface area contributed by atoms with Crippen LogP contribution < -0.4 is 14.8 Å². The molecular formula is C19H29N3O3. The Morgan fingerprint density at radius 3 is 2.68 bits per heavy atom. The molecule has 138 valence electrons. The number of carbonyl (C=O) groups is 1. The molecule has 0 unspecified atom stereocenters. The van der Waals surface area contributed by atoms with Gasteiger partial charge in [0.05, 0.1) is 13.7 Å². The zero-order valence-electron chi connectivity index (χ0n) is 15.1. The third-order valence-electron chi connectivity index (χ3n) is 5.01. The van der Waals surface area contributed by atoms with Crippen LogP contribution in [-0.2, 0) is 0 Å². The lowest BCUT2D eigenvalue weighted by Gasteiger charge is -2.28. The molecule has 6 nitrogen and oxygen atoms in total. The van der Waals surface area contributed by atoms with E-state index in [2.05, 4.69) is 10.2 Å². The zero-order chi connectivity index (χ0) is 17.5. The molecule has 0 radical (unpaired) electrons. The van der Waals surface area contributed by atoms with Crippen molar-refractivity contribution in [3.63, 3.8) is 0 Å². The first-order chi connectivity index (χ1) is 12.3. The molecule has 2 aliphatic heterocycles. The SMILES string of the molecule is COc1ccccc1OCCNC(=O)N1CCC[C@@H]1CN1CCCC1. The number of carbonyl (C=O) groups excluding carboxylic acids is 1. The van der Waals surface area contributed by atoms with Gasteiger partial charge >= 0.3 is 6.03 Å². The van der Waals surface area contributed by atoms with E-state index in [1.807, 2.05) is 29.2 Å². The highest BCUT2D eigenvalue weighted by atomic mass is 16.5. The fourth-order valence-electron chi connectivity index (χ4n) is 3.71. The van der Waals surface area contributed by atoms with E-state index in [1.54, 1.807) is 7.11 Å². The maximum Gasteiger partial charge on any atom is 0.317 e. The van der Waals surface area contributed by atoms with Crippen LogP contribution in [0.3, 0.4) is 0 Å². The number of benzene rings is 1. The fraction of sp³-hybridized carbons (Fsp3) is 0.632. The molecule has 3 rings (SSSR count). The van der Waals surface area contributed by atoms with Crippen LogP contribution in [0.2, 0.25) is 0 Å². The summed E-state index contributed by atoms with van der Waals surface area (Å²) in [4.78, 5) is 17.0. The molecule has 25 heavy (non-hydrogen) atoms. The van der Waals surface area contributed by atoms with Crippen molar-refractivity contribution in [2.24, 2.45) is 0 Å². The Morgan fingerprint density at radius 2 is 1.92 bits per heavy atom. The number of likely N-dealkylation sites (tertiary alicyclic amines) is 2. The van der Waals surface area contributed by atoms with Gasteiger partial charge in [-0.15, -0.1) is 0 Å². The van der Waals surface area contributed by atoms with Gasteiger partial charge in [-0.25, -0.2) is 4.79 Å². The Labute approximate surface area is 150 Å². The molecule has 0 spiro atoms. The number of ether oxygens (including phenoxy) is 2. The van der Waals surface area contributed by atoms with Crippen molar-refractivity contribution in [2.75, 3.05) is 46.4 Å². The molecule has 6 heteroatoms. The maximum absolute atomic E-state index is 12.5. The van der Waals surface area contributed by atoms with Crippen LogP contribution in [-0.4, -0.2) is 68.3 Å². The number of hydrogen-bond donors (Lipinski definition) is 1.